The van der Waals surface area contributed by atoms with Crippen molar-refractivity contribution in [3.8, 4) is 11.5 Å². The van der Waals surface area contributed by atoms with Crippen LogP contribution in [0.15, 0.2) is 18.2 Å². The Morgan fingerprint density at radius 1 is 1.25 bits per heavy atom. The fraction of sp³-hybridized carbons (Fsp3) is 0.571. The van der Waals surface area contributed by atoms with Crippen molar-refractivity contribution in [1.29, 1.82) is 0 Å². The van der Waals surface area contributed by atoms with Gasteiger partial charge < -0.3 is 9.47 Å². The van der Waals surface area contributed by atoms with E-state index in [1.54, 1.807) is 7.11 Å². The maximum absolute atomic E-state index is 6.09. The SMILES string of the molecule is CCc1cccc(OC)c1OC1CCCC1. The minimum Gasteiger partial charge on any atom is -0.493 e. The molecule has 2 heteroatoms. The van der Waals surface area contributed by atoms with Gasteiger partial charge in [-0.2, -0.15) is 0 Å². The largest absolute Gasteiger partial charge is 0.493 e. The summed E-state index contributed by atoms with van der Waals surface area (Å²) in [6.07, 6.45) is 6.33. The molecule has 0 bridgehead atoms. The molecule has 16 heavy (non-hydrogen) atoms. The van der Waals surface area contributed by atoms with Gasteiger partial charge in [-0.05, 0) is 43.7 Å². The van der Waals surface area contributed by atoms with E-state index in [9.17, 15) is 0 Å². The van der Waals surface area contributed by atoms with E-state index in [0.717, 1.165) is 17.9 Å². The first-order valence-electron chi connectivity index (χ1n) is 6.17. The second-order valence-corrected chi connectivity index (χ2v) is 4.33. The molecule has 0 N–H and O–H groups in total. The number of para-hydroxylation sites is 1. The first-order chi connectivity index (χ1) is 7.85. The summed E-state index contributed by atoms with van der Waals surface area (Å²) >= 11 is 0. The Morgan fingerprint density at radius 3 is 2.62 bits per heavy atom. The highest BCUT2D eigenvalue weighted by Gasteiger charge is 2.19. The van der Waals surface area contributed by atoms with Gasteiger partial charge in [0, 0.05) is 0 Å². The van der Waals surface area contributed by atoms with Crippen LogP contribution in [0.25, 0.3) is 0 Å². The molecule has 2 rings (SSSR count). The molecule has 1 fully saturated rings. The van der Waals surface area contributed by atoms with Crippen LogP contribution in [-0.2, 0) is 6.42 Å². The number of aryl methyl sites for hydroxylation is 1. The fourth-order valence-electron chi connectivity index (χ4n) is 2.31. The summed E-state index contributed by atoms with van der Waals surface area (Å²) in [5.41, 5.74) is 1.24. The van der Waals surface area contributed by atoms with Crippen molar-refractivity contribution in [2.75, 3.05) is 7.11 Å². The molecule has 0 aliphatic heterocycles. The highest BCUT2D eigenvalue weighted by molar-refractivity contribution is 5.46. The lowest BCUT2D eigenvalue weighted by Crippen LogP contribution is -2.12. The minimum absolute atomic E-state index is 0.390. The van der Waals surface area contributed by atoms with Gasteiger partial charge in [0.05, 0.1) is 13.2 Å². The van der Waals surface area contributed by atoms with Crippen molar-refractivity contribution < 1.29 is 9.47 Å². The third kappa shape index (κ3) is 2.31. The Kier molecular flexibility index (Phi) is 3.70. The number of hydrogen-bond acceptors (Lipinski definition) is 2. The first kappa shape index (κ1) is 11.3. The van der Waals surface area contributed by atoms with E-state index in [1.165, 1.54) is 31.2 Å². The summed E-state index contributed by atoms with van der Waals surface area (Å²) < 4.78 is 11.5. The summed E-state index contributed by atoms with van der Waals surface area (Å²) in [5, 5.41) is 0. The quantitative estimate of drug-likeness (QED) is 0.772. The van der Waals surface area contributed by atoms with E-state index in [1.807, 2.05) is 12.1 Å². The summed E-state index contributed by atoms with van der Waals surface area (Å²) in [5.74, 6) is 1.82. The summed E-state index contributed by atoms with van der Waals surface area (Å²) in [6.45, 7) is 2.15. The highest BCUT2D eigenvalue weighted by atomic mass is 16.5. The van der Waals surface area contributed by atoms with Gasteiger partial charge in [0.1, 0.15) is 0 Å². The van der Waals surface area contributed by atoms with Crippen LogP contribution in [-0.4, -0.2) is 13.2 Å². The van der Waals surface area contributed by atoms with Crippen LogP contribution in [0.3, 0.4) is 0 Å². The number of benzene rings is 1. The van der Waals surface area contributed by atoms with Gasteiger partial charge in [-0.15, -0.1) is 0 Å². The zero-order valence-electron chi connectivity index (χ0n) is 10.2. The summed E-state index contributed by atoms with van der Waals surface area (Å²) in [4.78, 5) is 0. The number of rotatable bonds is 4. The molecule has 0 amide bonds. The van der Waals surface area contributed by atoms with Crippen molar-refractivity contribution in [1.82, 2.24) is 0 Å². The second kappa shape index (κ2) is 5.24. The predicted molar refractivity (Wildman–Crippen MR) is 65.3 cm³/mol. The molecule has 1 saturated carbocycles. The predicted octanol–water partition coefficient (Wildman–Crippen LogP) is 3.58. The Balaban J connectivity index is 2.21. The molecule has 0 heterocycles. The lowest BCUT2D eigenvalue weighted by Gasteiger charge is -2.18. The zero-order chi connectivity index (χ0) is 11.4. The molecule has 0 unspecified atom stereocenters. The molecule has 88 valence electrons. The van der Waals surface area contributed by atoms with Crippen molar-refractivity contribution in [3.63, 3.8) is 0 Å². The third-order valence-electron chi connectivity index (χ3n) is 3.25. The summed E-state index contributed by atoms with van der Waals surface area (Å²) in [7, 11) is 1.70. The molecule has 0 aromatic heterocycles. The topological polar surface area (TPSA) is 18.5 Å². The average Bonchev–Trinajstić information content (AvgIpc) is 2.82. The number of ether oxygens (including phenoxy) is 2. The fourth-order valence-corrected chi connectivity index (χ4v) is 2.31. The molecule has 0 spiro atoms. The van der Waals surface area contributed by atoms with Gasteiger partial charge in [0.15, 0.2) is 11.5 Å². The Labute approximate surface area is 97.6 Å². The van der Waals surface area contributed by atoms with Crippen molar-refractivity contribution >= 4 is 0 Å². The van der Waals surface area contributed by atoms with Gasteiger partial charge >= 0.3 is 0 Å². The molecular weight excluding hydrogens is 200 g/mol. The average molecular weight is 220 g/mol. The summed E-state index contributed by atoms with van der Waals surface area (Å²) in [6, 6.07) is 6.12. The minimum atomic E-state index is 0.390. The Morgan fingerprint density at radius 2 is 2.00 bits per heavy atom. The van der Waals surface area contributed by atoms with Crippen molar-refractivity contribution in [3.05, 3.63) is 23.8 Å². The van der Waals surface area contributed by atoms with Crippen LogP contribution in [0, 0.1) is 0 Å². The van der Waals surface area contributed by atoms with E-state index in [-0.39, 0.29) is 0 Å². The standard InChI is InChI=1S/C14H20O2/c1-3-11-7-6-10-13(15-2)14(11)16-12-8-4-5-9-12/h6-7,10,12H,3-5,8-9H2,1-2H3. The van der Waals surface area contributed by atoms with Gasteiger partial charge in [0.25, 0.3) is 0 Å². The molecule has 0 radical (unpaired) electrons. The van der Waals surface area contributed by atoms with E-state index < -0.39 is 0 Å². The van der Waals surface area contributed by atoms with Crippen molar-refractivity contribution in [2.24, 2.45) is 0 Å². The normalized spacial score (nSPS) is 16.4. The highest BCUT2D eigenvalue weighted by Crippen LogP contribution is 2.34. The molecular formula is C14H20O2. The molecule has 1 aromatic rings. The van der Waals surface area contributed by atoms with Crippen LogP contribution in [0.5, 0.6) is 11.5 Å². The number of hydrogen-bond donors (Lipinski definition) is 0. The number of methoxy groups -OCH3 is 1. The van der Waals surface area contributed by atoms with Crippen LogP contribution >= 0.6 is 0 Å². The molecule has 0 atom stereocenters. The van der Waals surface area contributed by atoms with Gasteiger partial charge in [0.2, 0.25) is 0 Å². The third-order valence-corrected chi connectivity index (χ3v) is 3.25. The molecule has 1 aromatic carbocycles. The van der Waals surface area contributed by atoms with E-state index >= 15 is 0 Å². The monoisotopic (exact) mass is 220 g/mol. The zero-order valence-corrected chi connectivity index (χ0v) is 10.2. The van der Waals surface area contributed by atoms with Crippen LogP contribution in [0.2, 0.25) is 0 Å². The second-order valence-electron chi connectivity index (χ2n) is 4.33. The van der Waals surface area contributed by atoms with E-state index in [2.05, 4.69) is 13.0 Å². The molecule has 1 aliphatic carbocycles. The van der Waals surface area contributed by atoms with Crippen LogP contribution in [0.4, 0.5) is 0 Å². The lowest BCUT2D eigenvalue weighted by molar-refractivity contribution is 0.199. The molecule has 2 nitrogen and oxygen atoms in total. The lowest BCUT2D eigenvalue weighted by atomic mass is 10.1. The molecule has 1 aliphatic rings. The van der Waals surface area contributed by atoms with Gasteiger partial charge in [-0.1, -0.05) is 19.1 Å². The Bertz CT molecular complexity index is 318. The van der Waals surface area contributed by atoms with Crippen LogP contribution < -0.4 is 9.47 Å². The maximum atomic E-state index is 6.09. The van der Waals surface area contributed by atoms with Crippen molar-refractivity contribution in [2.45, 2.75) is 45.1 Å². The van der Waals surface area contributed by atoms with Crippen LogP contribution in [0.1, 0.15) is 38.2 Å². The smallest absolute Gasteiger partial charge is 0.164 e. The maximum Gasteiger partial charge on any atom is 0.164 e. The van der Waals surface area contributed by atoms with E-state index in [0.29, 0.717) is 6.10 Å². The van der Waals surface area contributed by atoms with Gasteiger partial charge in [-0.3, -0.25) is 0 Å². The first-order valence-corrected chi connectivity index (χ1v) is 6.17. The Hall–Kier alpha value is -1.18. The van der Waals surface area contributed by atoms with Gasteiger partial charge in [-0.25, -0.2) is 0 Å². The van der Waals surface area contributed by atoms with E-state index in [4.69, 9.17) is 9.47 Å². The molecule has 0 saturated heterocycles.